The molecule has 1 heterocycles. The van der Waals surface area contributed by atoms with Crippen molar-refractivity contribution in [2.24, 2.45) is 0 Å². The van der Waals surface area contributed by atoms with Gasteiger partial charge in [-0.15, -0.1) is 0 Å². The molecule has 0 aliphatic rings. The molecule has 0 unspecified atom stereocenters. The van der Waals surface area contributed by atoms with E-state index >= 15 is 0 Å². The molecule has 8 heteroatoms. The first-order chi connectivity index (χ1) is 12.3. The van der Waals surface area contributed by atoms with Crippen LogP contribution in [0.3, 0.4) is 0 Å². The number of carbonyl (C=O) groups is 2. The maximum absolute atomic E-state index is 14.0. The molecule has 1 N–H and O–H groups in total. The summed E-state index contributed by atoms with van der Waals surface area (Å²) in [5.74, 6) is -1.84. The summed E-state index contributed by atoms with van der Waals surface area (Å²) in [6.45, 7) is 1.89. The molecular weight excluding hydrogens is 429 g/mol. The first kappa shape index (κ1) is 20.3. The average Bonchev–Trinajstić information content (AvgIpc) is 2.59. The smallest absolute Gasteiger partial charge is 0.306 e. The van der Waals surface area contributed by atoms with Gasteiger partial charge in [0, 0.05) is 29.1 Å². The van der Waals surface area contributed by atoms with Crippen LogP contribution in [-0.2, 0) is 16.0 Å². The molecule has 5 nitrogen and oxygen atoms in total. The first-order valence-corrected chi connectivity index (χ1v) is 9.00. The number of hydrogen-bond donors (Lipinski definition) is 1. The Bertz CT molecular complexity index is 824. The van der Waals surface area contributed by atoms with Crippen LogP contribution in [0, 0.1) is 5.82 Å². The van der Waals surface area contributed by atoms with Crippen molar-refractivity contribution in [2.45, 2.75) is 26.2 Å². The van der Waals surface area contributed by atoms with Gasteiger partial charge in [-0.2, -0.15) is 0 Å². The number of carbonyl (C=O) groups excluding carboxylic acids is 2. The van der Waals surface area contributed by atoms with E-state index < -0.39 is 17.6 Å². The van der Waals surface area contributed by atoms with Gasteiger partial charge in [-0.1, -0.05) is 17.7 Å². The summed E-state index contributed by atoms with van der Waals surface area (Å²) in [6, 6.07) is 5.81. The summed E-state index contributed by atoms with van der Waals surface area (Å²) in [6.07, 6.45) is -0.229. The molecular formula is C18H16BrClFNO4. The fraction of sp³-hybridized carbons (Fsp3) is 0.278. The number of aromatic hydroxyl groups is 1. The number of nitrogens with zero attached hydrogens (tertiary/aromatic N) is 1. The Morgan fingerprint density at radius 3 is 2.73 bits per heavy atom. The minimum Gasteiger partial charge on any atom is -0.504 e. The van der Waals surface area contributed by atoms with E-state index in [0.717, 1.165) is 0 Å². The van der Waals surface area contributed by atoms with Crippen molar-refractivity contribution in [2.75, 3.05) is 6.61 Å². The third kappa shape index (κ3) is 5.02. The summed E-state index contributed by atoms with van der Waals surface area (Å²) < 4.78 is 19.0. The zero-order valence-electron chi connectivity index (χ0n) is 13.9. The molecule has 0 bridgehead atoms. The molecule has 0 fully saturated rings. The second-order valence-electron chi connectivity index (χ2n) is 5.40. The number of ether oxygens (including phenoxy) is 1. The average molecular weight is 445 g/mol. The van der Waals surface area contributed by atoms with Gasteiger partial charge < -0.3 is 9.84 Å². The molecule has 0 saturated carbocycles. The Hall–Kier alpha value is -1.99. The highest BCUT2D eigenvalue weighted by molar-refractivity contribution is 9.10. The van der Waals surface area contributed by atoms with Crippen LogP contribution in [0.15, 0.2) is 28.7 Å². The van der Waals surface area contributed by atoms with Crippen molar-refractivity contribution in [3.63, 3.8) is 0 Å². The molecule has 0 saturated heterocycles. The molecule has 0 aliphatic carbocycles. The van der Waals surface area contributed by atoms with Crippen LogP contribution in [0.5, 0.6) is 5.75 Å². The maximum atomic E-state index is 14.0. The van der Waals surface area contributed by atoms with Gasteiger partial charge in [0.25, 0.3) is 0 Å². The molecule has 2 rings (SSSR count). The minimum atomic E-state index is -0.516. The van der Waals surface area contributed by atoms with Gasteiger partial charge in [0.1, 0.15) is 11.5 Å². The van der Waals surface area contributed by atoms with E-state index in [9.17, 15) is 19.1 Å². The Morgan fingerprint density at radius 1 is 1.35 bits per heavy atom. The maximum Gasteiger partial charge on any atom is 0.306 e. The minimum absolute atomic E-state index is 0.0442. The molecule has 1 aromatic carbocycles. The Kier molecular flexibility index (Phi) is 7.11. The Balaban J connectivity index is 2.26. The number of rotatable bonds is 7. The van der Waals surface area contributed by atoms with Gasteiger partial charge in [0.05, 0.1) is 17.5 Å². The molecule has 0 amide bonds. The lowest BCUT2D eigenvalue weighted by molar-refractivity contribution is -0.143. The highest BCUT2D eigenvalue weighted by Crippen LogP contribution is 2.30. The van der Waals surface area contributed by atoms with Crippen molar-refractivity contribution < 1.29 is 23.8 Å². The largest absolute Gasteiger partial charge is 0.504 e. The van der Waals surface area contributed by atoms with E-state index in [0.29, 0.717) is 5.69 Å². The number of pyridine rings is 1. The van der Waals surface area contributed by atoms with Crippen LogP contribution in [0.4, 0.5) is 4.39 Å². The van der Waals surface area contributed by atoms with E-state index in [1.807, 2.05) is 0 Å². The van der Waals surface area contributed by atoms with E-state index in [1.165, 1.54) is 18.2 Å². The van der Waals surface area contributed by atoms with Gasteiger partial charge in [-0.25, -0.2) is 9.37 Å². The van der Waals surface area contributed by atoms with E-state index in [1.54, 1.807) is 13.0 Å². The van der Waals surface area contributed by atoms with E-state index in [4.69, 9.17) is 16.3 Å². The molecule has 0 atom stereocenters. The second-order valence-corrected chi connectivity index (χ2v) is 6.66. The lowest BCUT2D eigenvalue weighted by atomic mass is 10.1. The predicted octanol–water partition coefficient (Wildman–Crippen LogP) is 4.46. The number of esters is 1. The van der Waals surface area contributed by atoms with E-state index in [-0.39, 0.29) is 52.4 Å². The van der Waals surface area contributed by atoms with Crippen LogP contribution in [0.1, 0.15) is 41.5 Å². The summed E-state index contributed by atoms with van der Waals surface area (Å²) >= 11 is 9.18. The molecule has 138 valence electrons. The molecule has 0 spiro atoms. The van der Waals surface area contributed by atoms with Gasteiger partial charge in [0.15, 0.2) is 11.5 Å². The van der Waals surface area contributed by atoms with Crippen molar-refractivity contribution in [1.29, 1.82) is 0 Å². The van der Waals surface area contributed by atoms with Crippen molar-refractivity contribution in [1.82, 2.24) is 4.98 Å². The zero-order valence-corrected chi connectivity index (χ0v) is 16.2. The predicted molar refractivity (Wildman–Crippen MR) is 98.0 cm³/mol. The Labute approximate surface area is 163 Å². The van der Waals surface area contributed by atoms with Gasteiger partial charge in [-0.3, -0.25) is 9.59 Å². The highest BCUT2D eigenvalue weighted by Gasteiger charge is 2.20. The van der Waals surface area contributed by atoms with Crippen LogP contribution in [-0.4, -0.2) is 28.4 Å². The summed E-state index contributed by atoms with van der Waals surface area (Å²) in [5, 5.41) is 10.3. The highest BCUT2D eigenvalue weighted by atomic mass is 79.9. The fourth-order valence-corrected chi connectivity index (χ4v) is 2.97. The lowest BCUT2D eigenvalue weighted by Gasteiger charge is -2.10. The third-order valence-electron chi connectivity index (χ3n) is 3.54. The third-order valence-corrected chi connectivity index (χ3v) is 4.50. The van der Waals surface area contributed by atoms with Crippen molar-refractivity contribution >= 4 is 39.3 Å². The number of ketones is 1. The SMILES string of the molecule is CCOC(=O)CCC(=O)c1nc(Cc2c(F)cccc2Cl)cc(Br)c1O. The fourth-order valence-electron chi connectivity index (χ4n) is 2.29. The zero-order chi connectivity index (χ0) is 19.3. The lowest BCUT2D eigenvalue weighted by Crippen LogP contribution is -2.10. The number of benzene rings is 1. The molecule has 2 aromatic rings. The van der Waals surface area contributed by atoms with Crippen LogP contribution >= 0.6 is 27.5 Å². The summed E-state index contributed by atoms with van der Waals surface area (Å²) in [5.41, 5.74) is 0.400. The molecule has 26 heavy (non-hydrogen) atoms. The number of hydrogen-bond acceptors (Lipinski definition) is 5. The van der Waals surface area contributed by atoms with Gasteiger partial charge >= 0.3 is 5.97 Å². The quantitative estimate of drug-likeness (QED) is 0.504. The van der Waals surface area contributed by atoms with E-state index in [2.05, 4.69) is 20.9 Å². The summed E-state index contributed by atoms with van der Waals surface area (Å²) in [7, 11) is 0. The Morgan fingerprint density at radius 2 is 2.08 bits per heavy atom. The van der Waals surface area contributed by atoms with Gasteiger partial charge in [0.2, 0.25) is 0 Å². The second kappa shape index (κ2) is 9.09. The van der Waals surface area contributed by atoms with Crippen LogP contribution in [0.25, 0.3) is 0 Å². The van der Waals surface area contributed by atoms with Crippen molar-refractivity contribution in [3.8, 4) is 5.75 Å². The van der Waals surface area contributed by atoms with Crippen molar-refractivity contribution in [3.05, 3.63) is 56.5 Å². The number of aromatic nitrogens is 1. The van der Waals surface area contributed by atoms with Gasteiger partial charge in [-0.05, 0) is 41.1 Å². The van der Waals surface area contributed by atoms with Crippen LogP contribution in [0.2, 0.25) is 5.02 Å². The number of halogens is 3. The normalized spacial score (nSPS) is 10.6. The monoisotopic (exact) mass is 443 g/mol. The standard InChI is InChI=1S/C18H16BrClFNO4/c1-2-26-16(24)7-6-15(23)17-18(25)12(19)9-10(22-17)8-11-13(20)4-3-5-14(11)21/h3-5,9,25H,2,6-8H2,1H3. The molecule has 0 aliphatic heterocycles. The molecule has 1 aromatic heterocycles. The first-order valence-electron chi connectivity index (χ1n) is 7.83. The topological polar surface area (TPSA) is 76.5 Å². The number of Topliss-reactive ketones (excluding diaryl/α,β-unsaturated/α-hetero) is 1. The summed E-state index contributed by atoms with van der Waals surface area (Å²) in [4.78, 5) is 27.8. The van der Waals surface area contributed by atoms with Crippen LogP contribution < -0.4 is 0 Å². The molecule has 0 radical (unpaired) electrons.